The largest absolute Gasteiger partial charge is 0.324 e. The third-order valence-corrected chi connectivity index (χ3v) is 1.86. The predicted octanol–water partition coefficient (Wildman–Crippen LogP) is 1.85. The van der Waals surface area contributed by atoms with Crippen molar-refractivity contribution in [2.45, 2.75) is 20.6 Å². The van der Waals surface area contributed by atoms with Crippen LogP contribution in [-0.2, 0) is 4.79 Å². The molecule has 1 aromatic rings. The zero-order valence-electron chi connectivity index (χ0n) is 14.6. The molecule has 0 fully saturated rings. The quantitative estimate of drug-likeness (QED) is 0.799. The van der Waals surface area contributed by atoms with Crippen molar-refractivity contribution in [3.63, 3.8) is 0 Å². The van der Waals surface area contributed by atoms with Gasteiger partial charge in [0.2, 0.25) is 5.91 Å². The van der Waals surface area contributed by atoms with E-state index in [4.69, 9.17) is 8.22 Å². The zero-order chi connectivity index (χ0) is 16.3. The number of carbonyl (C=O) groups is 1. The maximum atomic E-state index is 11.8. The summed E-state index contributed by atoms with van der Waals surface area (Å²) in [7, 11) is 0. The lowest BCUT2D eigenvalue weighted by molar-refractivity contribution is -0.115. The van der Waals surface area contributed by atoms with Gasteiger partial charge in [0.15, 0.2) is 0 Å². The summed E-state index contributed by atoms with van der Waals surface area (Å²) in [5, 5.41) is 5.20. The second-order valence-corrected chi connectivity index (χ2v) is 3.06. The maximum absolute atomic E-state index is 11.8. The average Bonchev–Trinajstić information content (AvgIpc) is 2.34. The van der Waals surface area contributed by atoms with E-state index in [0.29, 0.717) is 6.54 Å². The molecule has 0 heterocycles. The van der Waals surface area contributed by atoms with Gasteiger partial charge < -0.3 is 10.6 Å². The van der Waals surface area contributed by atoms with Crippen LogP contribution in [0.3, 0.4) is 0 Å². The molecule has 1 aromatic carbocycles. The number of hydrogen-bond donors (Lipinski definition) is 2. The number of para-hydroxylation sites is 1. The Balaban J connectivity index is 3.27. The molecule has 0 aliphatic rings. The SMILES string of the molecule is [2H]C([2H])([2H])c1cccc(C([2H])([2H])[2H])c1NC(=O)CNCC. The van der Waals surface area contributed by atoms with Crippen LogP contribution in [0.5, 0.6) is 0 Å². The molecule has 1 rings (SSSR count). The Kier molecular flexibility index (Phi) is 2.08. The number of benzene rings is 1. The fraction of sp³-hybridized carbons (Fsp3) is 0.417. The molecule has 0 saturated carbocycles. The number of anilines is 1. The van der Waals surface area contributed by atoms with Crippen molar-refractivity contribution < 1.29 is 13.0 Å². The first kappa shape index (κ1) is 5.66. The highest BCUT2D eigenvalue weighted by Gasteiger charge is 2.05. The van der Waals surface area contributed by atoms with Crippen LogP contribution in [0.25, 0.3) is 0 Å². The van der Waals surface area contributed by atoms with Gasteiger partial charge in [-0.3, -0.25) is 4.79 Å². The van der Waals surface area contributed by atoms with Crippen LogP contribution >= 0.6 is 0 Å². The van der Waals surface area contributed by atoms with Crippen molar-refractivity contribution in [3.05, 3.63) is 29.3 Å². The molecular formula is C12H18N2O. The minimum Gasteiger partial charge on any atom is -0.324 e. The number of amides is 1. The molecule has 0 atom stereocenters. The molecule has 1 amide bonds. The van der Waals surface area contributed by atoms with Crippen LogP contribution in [-0.4, -0.2) is 19.0 Å². The van der Waals surface area contributed by atoms with Crippen molar-refractivity contribution in [1.82, 2.24) is 5.32 Å². The summed E-state index contributed by atoms with van der Waals surface area (Å²) >= 11 is 0. The van der Waals surface area contributed by atoms with Gasteiger partial charge in [0.25, 0.3) is 0 Å². The fourth-order valence-corrected chi connectivity index (χ4v) is 1.11. The minimum atomic E-state index is -2.51. The molecule has 3 nitrogen and oxygen atoms in total. The van der Waals surface area contributed by atoms with Crippen LogP contribution in [0.1, 0.15) is 26.3 Å². The van der Waals surface area contributed by atoms with Crippen molar-refractivity contribution in [2.24, 2.45) is 0 Å². The van der Waals surface area contributed by atoms with E-state index in [1.165, 1.54) is 18.2 Å². The number of carbonyl (C=O) groups excluding carboxylic acids is 1. The highest BCUT2D eigenvalue weighted by Crippen LogP contribution is 2.18. The molecule has 0 bridgehead atoms. The molecule has 15 heavy (non-hydrogen) atoms. The second-order valence-electron chi connectivity index (χ2n) is 3.06. The minimum absolute atomic E-state index is 0.0216. The van der Waals surface area contributed by atoms with Crippen LogP contribution in [0, 0.1) is 13.7 Å². The van der Waals surface area contributed by atoms with Gasteiger partial charge in [0, 0.05) is 13.9 Å². The molecule has 0 spiro atoms. The predicted molar refractivity (Wildman–Crippen MR) is 63.1 cm³/mol. The highest BCUT2D eigenvalue weighted by molar-refractivity contribution is 5.93. The van der Waals surface area contributed by atoms with Crippen LogP contribution in [0.4, 0.5) is 5.69 Å². The molecule has 0 radical (unpaired) electrons. The summed E-state index contributed by atoms with van der Waals surface area (Å²) in [5.41, 5.74) is -0.512. The third-order valence-electron chi connectivity index (χ3n) is 1.86. The Bertz CT molecular complexity index is 477. The van der Waals surface area contributed by atoms with E-state index in [1.54, 1.807) is 0 Å². The summed E-state index contributed by atoms with van der Waals surface area (Å²) in [6, 6.07) is 3.96. The Morgan fingerprint density at radius 1 is 1.40 bits per heavy atom. The van der Waals surface area contributed by atoms with Crippen molar-refractivity contribution in [3.8, 4) is 0 Å². The second kappa shape index (κ2) is 5.51. The summed E-state index contributed by atoms with van der Waals surface area (Å²) in [5.74, 6) is -0.487. The van der Waals surface area contributed by atoms with Gasteiger partial charge in [0.05, 0.1) is 6.54 Å². The van der Waals surface area contributed by atoms with E-state index in [-0.39, 0.29) is 23.4 Å². The van der Waals surface area contributed by atoms with Crippen molar-refractivity contribution in [2.75, 3.05) is 18.4 Å². The summed E-state index contributed by atoms with van der Waals surface area (Å²) in [4.78, 5) is 11.8. The Morgan fingerprint density at radius 3 is 2.60 bits per heavy atom. The standard InChI is InChI=1S/C12H18N2O/c1-4-13-8-11(15)14-12-9(2)6-5-7-10(12)3/h5-7,13H,4,8H2,1-3H3,(H,14,15)/i2D3,3D3. The van der Waals surface area contributed by atoms with Gasteiger partial charge in [-0.2, -0.15) is 0 Å². The van der Waals surface area contributed by atoms with Gasteiger partial charge in [-0.25, -0.2) is 0 Å². The summed E-state index contributed by atoms with van der Waals surface area (Å²) in [6.45, 7) is -2.66. The lowest BCUT2D eigenvalue weighted by atomic mass is 10.1. The first-order chi connectivity index (χ1) is 9.57. The third kappa shape index (κ3) is 3.36. The zero-order valence-corrected chi connectivity index (χ0v) is 8.55. The number of likely N-dealkylation sites (N-methyl/N-ethyl adjacent to an activating group) is 1. The van der Waals surface area contributed by atoms with E-state index >= 15 is 0 Å². The highest BCUT2D eigenvalue weighted by atomic mass is 16.1. The molecule has 0 aliphatic heterocycles. The average molecular weight is 212 g/mol. The van der Waals surface area contributed by atoms with Crippen LogP contribution in [0.2, 0.25) is 0 Å². The van der Waals surface area contributed by atoms with E-state index < -0.39 is 19.6 Å². The molecule has 2 N–H and O–H groups in total. The van der Waals surface area contributed by atoms with Gasteiger partial charge in [0.1, 0.15) is 0 Å². The lowest BCUT2D eigenvalue weighted by Crippen LogP contribution is -2.28. The lowest BCUT2D eigenvalue weighted by Gasteiger charge is -2.11. The Labute approximate surface area is 99.3 Å². The topological polar surface area (TPSA) is 41.1 Å². The van der Waals surface area contributed by atoms with Gasteiger partial charge >= 0.3 is 0 Å². The van der Waals surface area contributed by atoms with E-state index in [0.717, 1.165) is 0 Å². The van der Waals surface area contributed by atoms with Crippen LogP contribution in [0.15, 0.2) is 18.2 Å². The number of hydrogen-bond acceptors (Lipinski definition) is 2. The van der Waals surface area contributed by atoms with Crippen molar-refractivity contribution >= 4 is 11.6 Å². The molecule has 0 saturated heterocycles. The molecule has 0 aliphatic carbocycles. The number of nitrogens with one attached hydrogen (secondary N) is 2. The smallest absolute Gasteiger partial charge is 0.238 e. The van der Waals surface area contributed by atoms with Gasteiger partial charge in [-0.1, -0.05) is 25.1 Å². The van der Waals surface area contributed by atoms with Crippen LogP contribution < -0.4 is 10.6 Å². The first-order valence-electron chi connectivity index (χ1n) is 7.72. The number of rotatable bonds is 4. The Morgan fingerprint density at radius 2 is 2.07 bits per heavy atom. The molecule has 82 valence electrons. The molecule has 3 heteroatoms. The monoisotopic (exact) mass is 212 g/mol. The summed E-state index contributed by atoms with van der Waals surface area (Å²) in [6.07, 6.45) is 0. The molecule has 0 aromatic heterocycles. The van der Waals surface area contributed by atoms with E-state index in [9.17, 15) is 4.79 Å². The van der Waals surface area contributed by atoms with E-state index in [1.807, 2.05) is 6.92 Å². The summed E-state index contributed by atoms with van der Waals surface area (Å²) < 4.78 is 44.9. The Hall–Kier alpha value is -1.35. The fourth-order valence-electron chi connectivity index (χ4n) is 1.11. The molecular weight excluding hydrogens is 188 g/mol. The molecule has 0 unspecified atom stereocenters. The van der Waals surface area contributed by atoms with E-state index in [2.05, 4.69) is 10.6 Å². The van der Waals surface area contributed by atoms with Crippen molar-refractivity contribution in [1.29, 1.82) is 0 Å². The van der Waals surface area contributed by atoms with Gasteiger partial charge in [-0.15, -0.1) is 0 Å². The number of aryl methyl sites for hydroxylation is 2. The maximum Gasteiger partial charge on any atom is 0.238 e. The normalized spacial score (nSPS) is 17.7. The first-order valence-corrected chi connectivity index (χ1v) is 4.72. The van der Waals surface area contributed by atoms with Gasteiger partial charge in [-0.05, 0) is 31.4 Å².